The van der Waals surface area contributed by atoms with Gasteiger partial charge in [0.05, 0.1) is 9.75 Å². The van der Waals surface area contributed by atoms with E-state index in [1.165, 1.54) is 9.75 Å². The summed E-state index contributed by atoms with van der Waals surface area (Å²) in [6.07, 6.45) is 2.21. The fraction of sp³-hybridized carbons (Fsp3) is 0.750. The summed E-state index contributed by atoms with van der Waals surface area (Å²) in [4.78, 5) is 2.70. The molecule has 108 valence electrons. The van der Waals surface area contributed by atoms with Crippen LogP contribution < -0.4 is 9.47 Å². The molecule has 0 spiro atoms. The van der Waals surface area contributed by atoms with E-state index in [0.29, 0.717) is 13.2 Å². The first-order valence-electron chi connectivity index (χ1n) is 7.27. The van der Waals surface area contributed by atoms with Crippen LogP contribution in [-0.2, 0) is 10.8 Å². The quantitative estimate of drug-likeness (QED) is 0.782. The fourth-order valence-corrected chi connectivity index (χ4v) is 3.70. The minimum atomic E-state index is 0.150. The maximum Gasteiger partial charge on any atom is 0.176 e. The van der Waals surface area contributed by atoms with Crippen LogP contribution in [0.1, 0.15) is 64.1 Å². The highest BCUT2D eigenvalue weighted by Crippen LogP contribution is 2.54. The Labute approximate surface area is 121 Å². The van der Waals surface area contributed by atoms with Crippen molar-refractivity contribution in [2.75, 3.05) is 13.2 Å². The Kier molecular flexibility index (Phi) is 3.87. The predicted molar refractivity (Wildman–Crippen MR) is 81.9 cm³/mol. The van der Waals surface area contributed by atoms with Crippen molar-refractivity contribution in [3.05, 3.63) is 9.75 Å². The van der Waals surface area contributed by atoms with Gasteiger partial charge in [-0.15, -0.1) is 11.3 Å². The summed E-state index contributed by atoms with van der Waals surface area (Å²) in [6.45, 7) is 15.0. The lowest BCUT2D eigenvalue weighted by atomic mass is 9.86. The second-order valence-corrected chi connectivity index (χ2v) is 7.61. The molecule has 3 heteroatoms. The molecule has 2 heterocycles. The van der Waals surface area contributed by atoms with Gasteiger partial charge in [-0.25, -0.2) is 0 Å². The molecule has 0 fully saturated rings. The topological polar surface area (TPSA) is 18.5 Å². The smallest absolute Gasteiger partial charge is 0.176 e. The molecule has 1 aromatic rings. The molecule has 2 rings (SSSR count). The second kappa shape index (κ2) is 5.01. The molecule has 0 unspecified atom stereocenters. The highest BCUT2D eigenvalue weighted by molar-refractivity contribution is 7.13. The van der Waals surface area contributed by atoms with Crippen molar-refractivity contribution in [3.63, 3.8) is 0 Å². The van der Waals surface area contributed by atoms with Crippen molar-refractivity contribution in [3.8, 4) is 11.5 Å². The third kappa shape index (κ3) is 2.49. The van der Waals surface area contributed by atoms with Crippen LogP contribution in [-0.4, -0.2) is 13.2 Å². The van der Waals surface area contributed by atoms with Crippen molar-refractivity contribution in [2.45, 2.75) is 65.2 Å². The molecular formula is C16H26O2S. The summed E-state index contributed by atoms with van der Waals surface area (Å²) in [5.74, 6) is 2.03. The van der Waals surface area contributed by atoms with E-state index in [4.69, 9.17) is 9.47 Å². The van der Waals surface area contributed by atoms with Gasteiger partial charge in [0.15, 0.2) is 11.5 Å². The molecule has 0 bridgehead atoms. The maximum atomic E-state index is 5.95. The van der Waals surface area contributed by atoms with E-state index >= 15 is 0 Å². The Morgan fingerprint density at radius 2 is 1.21 bits per heavy atom. The summed E-state index contributed by atoms with van der Waals surface area (Å²) < 4.78 is 11.9. The van der Waals surface area contributed by atoms with Crippen molar-refractivity contribution < 1.29 is 9.47 Å². The van der Waals surface area contributed by atoms with Crippen LogP contribution in [0.25, 0.3) is 0 Å². The van der Waals surface area contributed by atoms with Crippen LogP contribution in [0.4, 0.5) is 0 Å². The number of thiophene rings is 1. The van der Waals surface area contributed by atoms with Gasteiger partial charge in [0.1, 0.15) is 13.2 Å². The lowest BCUT2D eigenvalue weighted by Gasteiger charge is -2.25. The van der Waals surface area contributed by atoms with E-state index in [0.717, 1.165) is 24.3 Å². The summed E-state index contributed by atoms with van der Waals surface area (Å²) in [7, 11) is 0. The number of ether oxygens (including phenoxy) is 2. The Bertz CT molecular complexity index is 417. The SMILES string of the molecule is CCC(C)(C)c1sc(C(C)(C)CC)c2c1OCCO2. The van der Waals surface area contributed by atoms with Gasteiger partial charge >= 0.3 is 0 Å². The average Bonchev–Trinajstić information content (AvgIpc) is 2.79. The molecule has 0 N–H and O–H groups in total. The van der Waals surface area contributed by atoms with E-state index in [1.54, 1.807) is 0 Å². The van der Waals surface area contributed by atoms with Gasteiger partial charge in [-0.3, -0.25) is 0 Å². The third-order valence-electron chi connectivity index (χ3n) is 4.40. The first kappa shape index (κ1) is 14.7. The summed E-state index contributed by atoms with van der Waals surface area (Å²) in [5.41, 5.74) is 0.301. The molecule has 1 aromatic heterocycles. The van der Waals surface area contributed by atoms with Gasteiger partial charge in [0.2, 0.25) is 0 Å². The molecule has 0 amide bonds. The fourth-order valence-electron chi connectivity index (χ4n) is 2.16. The normalized spacial score (nSPS) is 15.7. The van der Waals surface area contributed by atoms with Gasteiger partial charge in [-0.1, -0.05) is 41.5 Å². The minimum Gasteiger partial charge on any atom is -0.485 e. The van der Waals surface area contributed by atoms with Gasteiger partial charge in [0.25, 0.3) is 0 Å². The predicted octanol–water partition coefficient (Wildman–Crippen LogP) is 4.89. The third-order valence-corrected chi connectivity index (χ3v) is 6.28. The Morgan fingerprint density at radius 1 is 0.842 bits per heavy atom. The zero-order valence-corrected chi connectivity index (χ0v) is 13.9. The number of rotatable bonds is 4. The van der Waals surface area contributed by atoms with Crippen molar-refractivity contribution in [1.29, 1.82) is 0 Å². The van der Waals surface area contributed by atoms with Crippen LogP contribution in [0.2, 0.25) is 0 Å². The van der Waals surface area contributed by atoms with E-state index in [-0.39, 0.29) is 10.8 Å². The van der Waals surface area contributed by atoms with Crippen LogP contribution in [0.3, 0.4) is 0 Å². The molecular weight excluding hydrogens is 256 g/mol. The van der Waals surface area contributed by atoms with Crippen LogP contribution in [0.5, 0.6) is 11.5 Å². The standard InChI is InChI=1S/C16H26O2S/c1-7-15(3,4)13-11-12(18-10-9-17-11)14(19-13)16(5,6)8-2/h7-10H2,1-6H3. The lowest BCUT2D eigenvalue weighted by Crippen LogP contribution is -2.21. The van der Waals surface area contributed by atoms with Gasteiger partial charge in [-0.05, 0) is 12.8 Å². The highest BCUT2D eigenvalue weighted by atomic mass is 32.1. The Hall–Kier alpha value is -0.700. The molecule has 1 aliphatic heterocycles. The maximum absolute atomic E-state index is 5.95. The zero-order chi connectivity index (χ0) is 14.3. The number of hydrogen-bond acceptors (Lipinski definition) is 3. The first-order chi connectivity index (χ1) is 8.83. The van der Waals surface area contributed by atoms with E-state index in [2.05, 4.69) is 41.5 Å². The minimum absolute atomic E-state index is 0.150. The van der Waals surface area contributed by atoms with Gasteiger partial charge < -0.3 is 9.47 Å². The number of hydrogen-bond donors (Lipinski definition) is 0. The van der Waals surface area contributed by atoms with Crippen LogP contribution in [0, 0.1) is 0 Å². The summed E-state index contributed by atoms with van der Waals surface area (Å²) >= 11 is 1.89. The molecule has 0 radical (unpaired) electrons. The molecule has 0 atom stereocenters. The first-order valence-corrected chi connectivity index (χ1v) is 8.08. The van der Waals surface area contributed by atoms with E-state index in [1.807, 2.05) is 11.3 Å². The Morgan fingerprint density at radius 3 is 1.53 bits per heavy atom. The molecule has 19 heavy (non-hydrogen) atoms. The molecule has 0 saturated heterocycles. The molecule has 1 aliphatic rings. The van der Waals surface area contributed by atoms with Crippen LogP contribution in [0.15, 0.2) is 0 Å². The monoisotopic (exact) mass is 282 g/mol. The molecule has 0 saturated carbocycles. The second-order valence-electron chi connectivity index (χ2n) is 6.59. The zero-order valence-electron chi connectivity index (χ0n) is 13.1. The van der Waals surface area contributed by atoms with Gasteiger partial charge in [-0.2, -0.15) is 0 Å². The molecule has 2 nitrogen and oxygen atoms in total. The summed E-state index contributed by atoms with van der Waals surface area (Å²) in [5, 5.41) is 0. The van der Waals surface area contributed by atoms with Crippen molar-refractivity contribution in [1.82, 2.24) is 0 Å². The largest absolute Gasteiger partial charge is 0.485 e. The van der Waals surface area contributed by atoms with Crippen molar-refractivity contribution in [2.24, 2.45) is 0 Å². The molecule has 0 aromatic carbocycles. The van der Waals surface area contributed by atoms with E-state index in [9.17, 15) is 0 Å². The average molecular weight is 282 g/mol. The molecule has 0 aliphatic carbocycles. The van der Waals surface area contributed by atoms with E-state index < -0.39 is 0 Å². The Balaban J connectivity index is 2.59. The highest BCUT2D eigenvalue weighted by Gasteiger charge is 2.36. The number of fused-ring (bicyclic) bond motifs is 1. The van der Waals surface area contributed by atoms with Gasteiger partial charge in [0, 0.05) is 10.8 Å². The van der Waals surface area contributed by atoms with Crippen molar-refractivity contribution >= 4 is 11.3 Å². The lowest BCUT2D eigenvalue weighted by molar-refractivity contribution is 0.167. The van der Waals surface area contributed by atoms with Crippen LogP contribution >= 0.6 is 11.3 Å². The summed E-state index contributed by atoms with van der Waals surface area (Å²) in [6, 6.07) is 0.